The summed E-state index contributed by atoms with van der Waals surface area (Å²) < 4.78 is 14.2. The van der Waals surface area contributed by atoms with E-state index in [-0.39, 0.29) is 11.7 Å². The summed E-state index contributed by atoms with van der Waals surface area (Å²) in [5.74, 6) is -0.236. The molecule has 0 atom stereocenters. The van der Waals surface area contributed by atoms with E-state index in [9.17, 15) is 9.18 Å². The Morgan fingerprint density at radius 3 is 2.93 bits per heavy atom. The number of nitrogens with one attached hydrogen (secondary N) is 2. The highest BCUT2D eigenvalue weighted by molar-refractivity contribution is 5.91. The Kier molecular flexibility index (Phi) is 5.41. The molecule has 1 aromatic heterocycles. The minimum Gasteiger partial charge on any atom is -0.354 e. The SMILES string of the molecule is Cc1c(-c2ccccc2F)[nH]c2ccc(CNC(=O)CCN3CCCO3)cc12. The predicted molar refractivity (Wildman–Crippen MR) is 107 cm³/mol. The quantitative estimate of drug-likeness (QED) is 0.680. The van der Waals surface area contributed by atoms with Crippen LogP contribution in [0.25, 0.3) is 22.2 Å². The van der Waals surface area contributed by atoms with E-state index in [4.69, 9.17) is 4.84 Å². The van der Waals surface area contributed by atoms with Gasteiger partial charge in [0.2, 0.25) is 5.91 Å². The van der Waals surface area contributed by atoms with Crippen LogP contribution in [0.1, 0.15) is 24.0 Å². The Morgan fingerprint density at radius 1 is 1.29 bits per heavy atom. The molecule has 1 fully saturated rings. The molecule has 0 radical (unpaired) electrons. The number of carbonyl (C=O) groups is 1. The number of carbonyl (C=O) groups excluding carboxylic acids is 1. The third kappa shape index (κ3) is 3.93. The second-order valence-electron chi connectivity index (χ2n) is 7.13. The summed E-state index contributed by atoms with van der Waals surface area (Å²) in [5.41, 5.74) is 4.33. The number of fused-ring (bicyclic) bond motifs is 1. The summed E-state index contributed by atoms with van der Waals surface area (Å²) in [7, 11) is 0. The van der Waals surface area contributed by atoms with E-state index >= 15 is 0 Å². The van der Waals surface area contributed by atoms with Gasteiger partial charge in [0.05, 0.1) is 12.3 Å². The fraction of sp³-hybridized carbons (Fsp3) is 0.318. The molecular formula is C22H24FN3O2. The fourth-order valence-electron chi connectivity index (χ4n) is 3.61. The minimum absolute atomic E-state index is 0.00781. The lowest BCUT2D eigenvalue weighted by Gasteiger charge is -2.13. The summed E-state index contributed by atoms with van der Waals surface area (Å²) in [6, 6.07) is 12.8. The Morgan fingerprint density at radius 2 is 2.14 bits per heavy atom. The molecule has 4 rings (SSSR count). The van der Waals surface area contributed by atoms with Crippen LogP contribution >= 0.6 is 0 Å². The number of aromatic nitrogens is 1. The van der Waals surface area contributed by atoms with Crippen LogP contribution < -0.4 is 5.32 Å². The minimum atomic E-state index is -0.244. The maximum absolute atomic E-state index is 14.2. The number of rotatable bonds is 6. The standard InChI is InChI=1S/C22H24FN3O2/c1-15-18-13-16(14-24-21(27)9-11-26-10-4-12-28-26)7-8-20(18)25-22(15)17-5-2-3-6-19(17)23/h2-3,5-8,13,25H,4,9-12,14H2,1H3,(H,24,27). The normalized spacial score (nSPS) is 14.6. The third-order valence-corrected chi connectivity index (χ3v) is 5.17. The number of aryl methyl sites for hydroxylation is 1. The van der Waals surface area contributed by atoms with Crippen LogP contribution in [0.15, 0.2) is 42.5 Å². The van der Waals surface area contributed by atoms with Crippen molar-refractivity contribution in [1.82, 2.24) is 15.4 Å². The number of aromatic amines is 1. The van der Waals surface area contributed by atoms with Crippen molar-refractivity contribution < 1.29 is 14.0 Å². The van der Waals surface area contributed by atoms with Crippen molar-refractivity contribution in [2.75, 3.05) is 19.7 Å². The zero-order valence-corrected chi connectivity index (χ0v) is 15.9. The molecule has 2 heterocycles. The van der Waals surface area contributed by atoms with Crippen LogP contribution in [-0.2, 0) is 16.2 Å². The average molecular weight is 381 g/mol. The Bertz CT molecular complexity index is 993. The first-order valence-corrected chi connectivity index (χ1v) is 9.62. The summed E-state index contributed by atoms with van der Waals surface area (Å²) in [5, 5.41) is 5.85. The van der Waals surface area contributed by atoms with Crippen molar-refractivity contribution >= 4 is 16.8 Å². The zero-order chi connectivity index (χ0) is 19.5. The molecule has 1 aliphatic rings. The molecule has 146 valence electrons. The monoisotopic (exact) mass is 381 g/mol. The molecule has 2 aromatic carbocycles. The van der Waals surface area contributed by atoms with Gasteiger partial charge in [-0.1, -0.05) is 18.2 Å². The number of hydrogen-bond donors (Lipinski definition) is 2. The molecule has 0 spiro atoms. The molecule has 0 unspecified atom stereocenters. The van der Waals surface area contributed by atoms with Gasteiger partial charge in [0.1, 0.15) is 5.82 Å². The average Bonchev–Trinajstić information content (AvgIpc) is 3.33. The van der Waals surface area contributed by atoms with Crippen molar-refractivity contribution in [3.05, 3.63) is 59.4 Å². The largest absolute Gasteiger partial charge is 0.354 e. The second kappa shape index (κ2) is 8.12. The topological polar surface area (TPSA) is 57.4 Å². The van der Waals surface area contributed by atoms with E-state index in [0.29, 0.717) is 25.1 Å². The number of amides is 1. The first-order valence-electron chi connectivity index (χ1n) is 9.62. The summed E-state index contributed by atoms with van der Waals surface area (Å²) in [4.78, 5) is 20.8. The molecule has 28 heavy (non-hydrogen) atoms. The van der Waals surface area contributed by atoms with Gasteiger partial charge in [-0.15, -0.1) is 0 Å². The van der Waals surface area contributed by atoms with Gasteiger partial charge in [0.15, 0.2) is 0 Å². The van der Waals surface area contributed by atoms with E-state index in [2.05, 4.69) is 16.4 Å². The number of hydrogen-bond acceptors (Lipinski definition) is 3. The maximum atomic E-state index is 14.2. The van der Waals surface area contributed by atoms with Gasteiger partial charge in [0.25, 0.3) is 0 Å². The van der Waals surface area contributed by atoms with E-state index < -0.39 is 0 Å². The molecular weight excluding hydrogens is 357 g/mol. The van der Waals surface area contributed by atoms with E-state index in [1.807, 2.05) is 30.2 Å². The van der Waals surface area contributed by atoms with Crippen LogP contribution in [0.3, 0.4) is 0 Å². The molecule has 6 heteroatoms. The molecule has 3 aromatic rings. The van der Waals surface area contributed by atoms with Gasteiger partial charge >= 0.3 is 0 Å². The Labute approximate surface area is 163 Å². The van der Waals surface area contributed by atoms with Crippen LogP contribution in [0.4, 0.5) is 4.39 Å². The van der Waals surface area contributed by atoms with Crippen LogP contribution in [-0.4, -0.2) is 35.7 Å². The predicted octanol–water partition coefficient (Wildman–Crippen LogP) is 3.93. The van der Waals surface area contributed by atoms with Gasteiger partial charge in [-0.25, -0.2) is 4.39 Å². The van der Waals surface area contributed by atoms with E-state index in [0.717, 1.165) is 47.3 Å². The molecule has 0 aliphatic carbocycles. The van der Waals surface area contributed by atoms with Gasteiger partial charge in [-0.05, 0) is 48.7 Å². The van der Waals surface area contributed by atoms with Crippen LogP contribution in [0.2, 0.25) is 0 Å². The smallest absolute Gasteiger partial charge is 0.221 e. The number of benzene rings is 2. The molecule has 0 saturated carbocycles. The summed E-state index contributed by atoms with van der Waals surface area (Å²) in [6.07, 6.45) is 1.44. The maximum Gasteiger partial charge on any atom is 0.221 e. The number of H-pyrrole nitrogens is 1. The van der Waals surface area contributed by atoms with Crippen molar-refractivity contribution in [1.29, 1.82) is 0 Å². The molecule has 1 saturated heterocycles. The molecule has 0 bridgehead atoms. The highest BCUT2D eigenvalue weighted by Gasteiger charge is 2.15. The first-order chi connectivity index (χ1) is 13.6. The fourth-order valence-corrected chi connectivity index (χ4v) is 3.61. The van der Waals surface area contributed by atoms with Gasteiger partial charge in [-0.2, -0.15) is 5.06 Å². The molecule has 1 aliphatic heterocycles. The first kappa shape index (κ1) is 18.7. The van der Waals surface area contributed by atoms with Gasteiger partial charge < -0.3 is 10.3 Å². The summed E-state index contributed by atoms with van der Waals surface area (Å²) in [6.45, 7) is 4.70. The second-order valence-corrected chi connectivity index (χ2v) is 7.13. The lowest BCUT2D eigenvalue weighted by molar-refractivity contribution is -0.130. The lowest BCUT2D eigenvalue weighted by atomic mass is 10.0. The van der Waals surface area contributed by atoms with E-state index in [1.165, 1.54) is 6.07 Å². The van der Waals surface area contributed by atoms with Gasteiger partial charge in [-0.3, -0.25) is 9.63 Å². The van der Waals surface area contributed by atoms with Crippen molar-refractivity contribution in [2.45, 2.75) is 26.3 Å². The number of hydroxylamine groups is 2. The third-order valence-electron chi connectivity index (χ3n) is 5.17. The summed E-state index contributed by atoms with van der Waals surface area (Å²) >= 11 is 0. The highest BCUT2D eigenvalue weighted by Crippen LogP contribution is 2.31. The number of nitrogens with zero attached hydrogens (tertiary/aromatic N) is 1. The highest BCUT2D eigenvalue weighted by atomic mass is 19.1. The Balaban J connectivity index is 1.45. The molecule has 5 nitrogen and oxygen atoms in total. The zero-order valence-electron chi connectivity index (χ0n) is 15.9. The van der Waals surface area contributed by atoms with Crippen molar-refractivity contribution in [3.63, 3.8) is 0 Å². The van der Waals surface area contributed by atoms with Crippen LogP contribution in [0, 0.1) is 12.7 Å². The molecule has 2 N–H and O–H groups in total. The Hall–Kier alpha value is -2.70. The number of halogens is 1. The lowest BCUT2D eigenvalue weighted by Crippen LogP contribution is -2.28. The van der Waals surface area contributed by atoms with Crippen molar-refractivity contribution in [3.8, 4) is 11.3 Å². The van der Waals surface area contributed by atoms with E-state index in [1.54, 1.807) is 12.1 Å². The molecule has 1 amide bonds. The van der Waals surface area contributed by atoms with Crippen molar-refractivity contribution in [2.24, 2.45) is 0 Å². The van der Waals surface area contributed by atoms with Crippen LogP contribution in [0.5, 0.6) is 0 Å². The van der Waals surface area contributed by atoms with Gasteiger partial charge in [0, 0.05) is 42.5 Å².